The minimum Gasteiger partial charge on any atom is -0.457 e. The Morgan fingerprint density at radius 1 is 0.981 bits per heavy atom. The fourth-order valence-electron chi connectivity index (χ4n) is 5.48. The summed E-state index contributed by atoms with van der Waals surface area (Å²) >= 11 is 0. The highest BCUT2D eigenvalue weighted by molar-refractivity contribution is 6.05. The smallest absolute Gasteiger partial charge is 0.457 e. The maximum atomic E-state index is 15.2. The van der Waals surface area contributed by atoms with Crippen LogP contribution in [0.1, 0.15) is 36.8 Å². The number of oxazole rings is 1. The van der Waals surface area contributed by atoms with E-state index >= 15 is 13.2 Å². The number of halogens is 6. The Morgan fingerprint density at radius 3 is 2.32 bits per heavy atom. The van der Waals surface area contributed by atoms with E-state index in [1.54, 1.807) is 39.0 Å². The average molecular weight is 750 g/mol. The van der Waals surface area contributed by atoms with E-state index in [4.69, 9.17) is 13.9 Å². The number of benzene rings is 2. The van der Waals surface area contributed by atoms with E-state index in [-0.39, 0.29) is 36.1 Å². The Hall–Kier alpha value is -5.88. The molecule has 0 bridgehead atoms. The van der Waals surface area contributed by atoms with Gasteiger partial charge in [-0.1, -0.05) is 18.2 Å². The van der Waals surface area contributed by atoms with Crippen molar-refractivity contribution in [3.8, 4) is 23.0 Å². The Bertz CT molecular complexity index is 1930. The Labute approximate surface area is 298 Å². The molecule has 53 heavy (non-hydrogen) atoms. The minimum atomic E-state index is -5.27. The number of amides is 3. The number of hydrogen-bond donors (Lipinski definition) is 1. The molecule has 1 aliphatic rings. The molecule has 1 N–H and O–H groups in total. The molecule has 0 unspecified atom stereocenters. The van der Waals surface area contributed by atoms with Gasteiger partial charge in [0.05, 0.1) is 35.4 Å². The van der Waals surface area contributed by atoms with Crippen molar-refractivity contribution in [2.45, 2.75) is 44.8 Å². The van der Waals surface area contributed by atoms with Crippen LogP contribution in [-0.2, 0) is 15.7 Å². The second-order valence-corrected chi connectivity index (χ2v) is 12.8. The number of anilines is 2. The number of hydrogen-bond acceptors (Lipinski definition) is 10. The van der Waals surface area contributed by atoms with Gasteiger partial charge in [-0.2, -0.15) is 36.5 Å². The van der Waals surface area contributed by atoms with Gasteiger partial charge in [0.2, 0.25) is 5.89 Å². The number of carbonyl (C=O) groups is 3. The van der Waals surface area contributed by atoms with Gasteiger partial charge in [-0.15, -0.1) is 0 Å². The predicted molar refractivity (Wildman–Crippen MR) is 176 cm³/mol. The summed E-state index contributed by atoms with van der Waals surface area (Å²) in [7, 11) is 0.858. The van der Waals surface area contributed by atoms with Crippen LogP contribution in [0.2, 0.25) is 0 Å². The first kappa shape index (κ1) is 38.4. The van der Waals surface area contributed by atoms with Crippen molar-refractivity contribution < 1.29 is 54.6 Å². The highest BCUT2D eigenvalue weighted by Crippen LogP contribution is 2.48. The van der Waals surface area contributed by atoms with Crippen molar-refractivity contribution in [3.05, 3.63) is 78.4 Å². The third-order valence-electron chi connectivity index (χ3n) is 7.71. The summed E-state index contributed by atoms with van der Waals surface area (Å²) in [4.78, 5) is 45.5. The number of likely N-dealkylation sites (N-methyl/N-ethyl adjacent to an activating group) is 1. The van der Waals surface area contributed by atoms with E-state index < -0.39 is 72.0 Å². The molecule has 1 atom stereocenters. The summed E-state index contributed by atoms with van der Waals surface area (Å²) in [6.45, 7) is 2.77. The Kier molecular flexibility index (Phi) is 10.9. The molecule has 1 saturated heterocycles. The molecule has 1 aliphatic heterocycles. The molecule has 2 aromatic heterocycles. The van der Waals surface area contributed by atoms with Crippen molar-refractivity contribution in [2.75, 3.05) is 43.4 Å². The van der Waals surface area contributed by atoms with E-state index in [1.165, 1.54) is 36.7 Å². The number of para-hydroxylation sites is 1. The van der Waals surface area contributed by atoms with Crippen molar-refractivity contribution >= 4 is 29.3 Å². The molecule has 1 fully saturated rings. The molecule has 0 spiro atoms. The molecular weight excluding hydrogens is 716 g/mol. The van der Waals surface area contributed by atoms with E-state index in [1.807, 2.05) is 0 Å². The van der Waals surface area contributed by atoms with Gasteiger partial charge in [0.1, 0.15) is 28.9 Å². The van der Waals surface area contributed by atoms with Crippen LogP contribution in [0.5, 0.6) is 11.5 Å². The lowest BCUT2D eigenvalue weighted by Crippen LogP contribution is -2.60. The van der Waals surface area contributed by atoms with Gasteiger partial charge in [-0.25, -0.2) is 9.78 Å². The number of piperazine rings is 1. The van der Waals surface area contributed by atoms with Crippen LogP contribution in [0.15, 0.2) is 71.6 Å². The van der Waals surface area contributed by atoms with Gasteiger partial charge in [0.25, 0.3) is 5.91 Å². The number of nitrogens with one attached hydrogen (secondary N) is 1. The molecule has 282 valence electrons. The van der Waals surface area contributed by atoms with E-state index in [2.05, 4.69) is 20.5 Å². The third kappa shape index (κ3) is 9.32. The molecule has 0 radical (unpaired) electrons. The lowest BCUT2D eigenvalue weighted by atomic mass is 10.0. The summed E-state index contributed by atoms with van der Waals surface area (Å²) in [6, 6.07) is 9.96. The lowest BCUT2D eigenvalue weighted by Gasteiger charge is -2.44. The molecule has 3 amide bonds. The van der Waals surface area contributed by atoms with Crippen molar-refractivity contribution in [1.29, 1.82) is 0 Å². The molecular formula is C34H33F6N7O6. The molecule has 3 heterocycles. The van der Waals surface area contributed by atoms with Crippen LogP contribution in [0.25, 0.3) is 11.5 Å². The van der Waals surface area contributed by atoms with Crippen LogP contribution in [-0.4, -0.2) is 93.9 Å². The van der Waals surface area contributed by atoms with Crippen LogP contribution in [0.3, 0.4) is 0 Å². The maximum Gasteiger partial charge on any atom is 0.471 e. The van der Waals surface area contributed by atoms with Gasteiger partial charge in [-0.3, -0.25) is 14.5 Å². The predicted octanol–water partition coefficient (Wildman–Crippen LogP) is 6.64. The number of rotatable bonds is 8. The van der Waals surface area contributed by atoms with E-state index in [0.29, 0.717) is 10.5 Å². The first-order valence-electron chi connectivity index (χ1n) is 15.9. The fraction of sp³-hybridized carbons (Fsp3) is 0.353. The van der Waals surface area contributed by atoms with Crippen LogP contribution < -0.4 is 15.0 Å². The number of carbonyl (C=O) groups excluding carboxylic acids is 3. The molecule has 19 heteroatoms. The van der Waals surface area contributed by atoms with E-state index in [0.717, 1.165) is 29.2 Å². The normalized spacial score (nSPS) is 15.2. The molecule has 2 aromatic carbocycles. The summed E-state index contributed by atoms with van der Waals surface area (Å²) < 4.78 is 102. The highest BCUT2D eigenvalue weighted by atomic mass is 19.4. The molecule has 4 aromatic rings. The number of alkyl halides is 6. The summed E-state index contributed by atoms with van der Waals surface area (Å²) in [5.41, 5.74) is -3.29. The van der Waals surface area contributed by atoms with Crippen LogP contribution in [0, 0.1) is 0 Å². The van der Waals surface area contributed by atoms with Crippen molar-refractivity contribution in [2.24, 2.45) is 0 Å². The zero-order valence-corrected chi connectivity index (χ0v) is 28.7. The highest BCUT2D eigenvalue weighted by Gasteiger charge is 2.45. The number of aromatic nitrogens is 3. The zero-order valence-electron chi connectivity index (χ0n) is 28.7. The third-order valence-corrected chi connectivity index (χ3v) is 7.71. The van der Waals surface area contributed by atoms with Crippen LogP contribution >= 0.6 is 0 Å². The monoisotopic (exact) mass is 749 g/mol. The number of nitrogens with zero attached hydrogens (tertiary/aromatic N) is 6. The topological polar surface area (TPSA) is 143 Å². The van der Waals surface area contributed by atoms with Gasteiger partial charge in [-0.05, 0) is 51.1 Å². The van der Waals surface area contributed by atoms with Gasteiger partial charge >= 0.3 is 24.4 Å². The minimum absolute atomic E-state index is 0.0218. The zero-order chi connectivity index (χ0) is 38.7. The Morgan fingerprint density at radius 2 is 1.70 bits per heavy atom. The van der Waals surface area contributed by atoms with Crippen molar-refractivity contribution in [3.63, 3.8) is 0 Å². The summed E-state index contributed by atoms with van der Waals surface area (Å²) in [6.07, 6.45) is -7.68. The second kappa shape index (κ2) is 15.0. The first-order valence-corrected chi connectivity index (χ1v) is 15.9. The summed E-state index contributed by atoms with van der Waals surface area (Å²) in [5, 5.41) is 9.81. The van der Waals surface area contributed by atoms with Gasteiger partial charge < -0.3 is 29.0 Å². The Balaban J connectivity index is 1.58. The average Bonchev–Trinajstić information content (AvgIpc) is 3.58. The molecule has 0 aliphatic carbocycles. The van der Waals surface area contributed by atoms with Gasteiger partial charge in [0.15, 0.2) is 5.69 Å². The van der Waals surface area contributed by atoms with Crippen molar-refractivity contribution in [1.82, 2.24) is 25.0 Å². The number of ether oxygens (including phenoxy) is 2. The summed E-state index contributed by atoms with van der Waals surface area (Å²) in [5.74, 6) is -3.81. The molecule has 0 saturated carbocycles. The van der Waals surface area contributed by atoms with Crippen LogP contribution in [0.4, 0.5) is 42.5 Å². The maximum absolute atomic E-state index is 15.2. The standard InChI is InChI=1S/C34H33F6N7O6/c1-32(2,3)53-31(50)47-15-14-46(18-21(47)17-45(4)30(49)34(38,39)40)27-23(43-28(48)24-19-51-29(44-24)20-12-13-41-42-16-20)10-11-25(26(27)33(35,36)37)52-22-8-6-5-7-9-22/h5-13,16,19,21H,14-15,17-18H2,1-4H3,(H,43,48)/t21-/m0/s1. The lowest BCUT2D eigenvalue weighted by molar-refractivity contribution is -0.184. The second-order valence-electron chi connectivity index (χ2n) is 12.8. The molecule has 5 rings (SSSR count). The first-order chi connectivity index (χ1) is 24.8. The largest absolute Gasteiger partial charge is 0.471 e. The SMILES string of the molecule is CN(C[C@H]1CN(c2c(NC(=O)c3coc(-c4ccnnc4)n3)ccc(Oc3ccccc3)c2C(F)(F)F)CCN1C(=O)OC(C)(C)C)C(=O)C(F)(F)F. The van der Waals surface area contributed by atoms with Gasteiger partial charge in [0, 0.05) is 33.2 Å². The molecule has 13 nitrogen and oxygen atoms in total. The quantitative estimate of drug-likeness (QED) is 0.195. The fourth-order valence-corrected chi connectivity index (χ4v) is 5.48. The van der Waals surface area contributed by atoms with E-state index in [9.17, 15) is 27.6 Å².